The summed E-state index contributed by atoms with van der Waals surface area (Å²) in [4.78, 5) is 32.8. The lowest BCUT2D eigenvalue weighted by Gasteiger charge is -2.27. The maximum absolute atomic E-state index is 12.3. The van der Waals surface area contributed by atoms with Gasteiger partial charge in [-0.1, -0.05) is 0 Å². The molecule has 4 N–H and O–H groups in total. The zero-order chi connectivity index (χ0) is 16.3. The Bertz CT molecular complexity index is 634. The Labute approximate surface area is 135 Å². The summed E-state index contributed by atoms with van der Waals surface area (Å²) in [6.45, 7) is 0. The molecular formula is C13H16N4O5S. The number of aliphatic hydroxyl groups is 2. The zero-order valence-electron chi connectivity index (χ0n) is 12.0. The van der Waals surface area contributed by atoms with Gasteiger partial charge in [0.05, 0.1) is 12.2 Å². The molecule has 2 amide bonds. The molecule has 0 spiro atoms. The number of aliphatic hydroxyl groups excluding tert-OH is 2. The van der Waals surface area contributed by atoms with Gasteiger partial charge in [-0.3, -0.25) is 14.5 Å². The van der Waals surface area contributed by atoms with Gasteiger partial charge in [-0.05, 0) is 30.5 Å². The van der Waals surface area contributed by atoms with Crippen LogP contribution in [-0.2, 0) is 9.53 Å². The van der Waals surface area contributed by atoms with Gasteiger partial charge in [0.25, 0.3) is 11.1 Å². The number of guanidine groups is 1. The number of hydrogen-bond donors (Lipinski definition) is 3. The molecule has 0 aromatic heterocycles. The second-order valence-corrected chi connectivity index (χ2v) is 7.16. The summed E-state index contributed by atoms with van der Waals surface area (Å²) < 4.78 is 5.73. The Morgan fingerprint density at radius 1 is 1.35 bits per heavy atom. The van der Waals surface area contributed by atoms with Crippen LogP contribution in [0.1, 0.15) is 19.3 Å². The minimum Gasteiger partial charge on any atom is -0.390 e. The lowest BCUT2D eigenvalue weighted by Crippen LogP contribution is -2.48. The van der Waals surface area contributed by atoms with Gasteiger partial charge in [-0.2, -0.15) is 9.98 Å². The van der Waals surface area contributed by atoms with E-state index in [0.29, 0.717) is 0 Å². The van der Waals surface area contributed by atoms with Crippen molar-refractivity contribution >= 4 is 34.7 Å². The number of fused-ring (bicyclic) bond motifs is 1. The van der Waals surface area contributed by atoms with Crippen LogP contribution in [0.3, 0.4) is 0 Å². The van der Waals surface area contributed by atoms with E-state index in [1.54, 1.807) is 0 Å². The van der Waals surface area contributed by atoms with E-state index in [1.165, 1.54) is 4.90 Å². The van der Waals surface area contributed by atoms with Crippen LogP contribution in [0.25, 0.3) is 0 Å². The number of amides is 2. The average molecular weight is 340 g/mol. The number of nitrogens with two attached hydrogens (primary N) is 1. The van der Waals surface area contributed by atoms with Crippen molar-refractivity contribution in [2.75, 3.05) is 0 Å². The number of rotatable bonds is 3. The quantitative estimate of drug-likeness (QED) is 0.600. The van der Waals surface area contributed by atoms with Crippen LogP contribution >= 0.6 is 11.8 Å². The van der Waals surface area contributed by atoms with E-state index in [9.17, 15) is 19.8 Å². The summed E-state index contributed by atoms with van der Waals surface area (Å²) in [6.07, 6.45) is -1.02. The topological polar surface area (TPSA) is 138 Å². The molecule has 3 heterocycles. The molecule has 0 aromatic carbocycles. The van der Waals surface area contributed by atoms with Gasteiger partial charge in [0.1, 0.15) is 11.9 Å². The molecule has 3 fully saturated rings. The number of carbonyl (C=O) groups is 2. The molecule has 0 aromatic rings. The standard InChI is InChI=1S/C13H16N4O5S/c14-12-15-9-8(10(20)16-12)23-13(21)17(9)11-5(18)3-6(22-11)7(19)4-1-2-4/h4-8,11,18-19H,1-3H2,(H2,14,16,20)/t5-,6+,7?,8?,11-/m1/s1. The van der Waals surface area contributed by atoms with Gasteiger partial charge in [0, 0.05) is 6.42 Å². The summed E-state index contributed by atoms with van der Waals surface area (Å²) >= 11 is 0.775. The molecule has 4 aliphatic rings. The fourth-order valence-corrected chi connectivity index (χ4v) is 4.06. The Morgan fingerprint density at radius 2 is 2.09 bits per heavy atom. The molecular weight excluding hydrogens is 324 g/mol. The van der Waals surface area contributed by atoms with E-state index in [2.05, 4.69) is 9.98 Å². The fourth-order valence-electron chi connectivity index (χ4n) is 3.13. The Kier molecular flexibility index (Phi) is 3.45. The predicted octanol–water partition coefficient (Wildman–Crippen LogP) is -0.976. The van der Waals surface area contributed by atoms with E-state index < -0.39 is 40.9 Å². The molecule has 10 heteroatoms. The minimum atomic E-state index is -0.976. The van der Waals surface area contributed by atoms with E-state index in [4.69, 9.17) is 10.5 Å². The number of carbonyl (C=O) groups excluding carboxylic acids is 2. The molecule has 1 saturated carbocycles. The maximum Gasteiger partial charge on any atom is 0.290 e. The molecule has 1 aliphatic carbocycles. The van der Waals surface area contributed by atoms with Crippen LogP contribution < -0.4 is 5.73 Å². The molecule has 124 valence electrons. The third-order valence-electron chi connectivity index (χ3n) is 4.43. The van der Waals surface area contributed by atoms with Crippen molar-refractivity contribution in [3.8, 4) is 0 Å². The number of nitrogens with zero attached hydrogens (tertiary/aromatic N) is 3. The summed E-state index contributed by atoms with van der Waals surface area (Å²) in [7, 11) is 0. The molecule has 4 rings (SSSR count). The zero-order valence-corrected chi connectivity index (χ0v) is 12.8. The maximum atomic E-state index is 12.3. The minimum absolute atomic E-state index is 0.142. The molecule has 23 heavy (non-hydrogen) atoms. The SMILES string of the molecule is NC1=NC(=O)C2SC(=O)N([C@@H]3O[C@H](C(O)C4CC4)C[C@H]3O)C2=N1. The highest BCUT2D eigenvalue weighted by molar-refractivity contribution is 8.16. The van der Waals surface area contributed by atoms with Crippen LogP contribution in [0.4, 0.5) is 4.79 Å². The van der Waals surface area contributed by atoms with Crippen molar-refractivity contribution in [2.45, 2.75) is 49.1 Å². The van der Waals surface area contributed by atoms with Crippen molar-refractivity contribution < 1.29 is 24.5 Å². The second-order valence-electron chi connectivity index (χ2n) is 6.11. The Balaban J connectivity index is 1.58. The first-order valence-corrected chi connectivity index (χ1v) is 8.31. The van der Waals surface area contributed by atoms with Crippen molar-refractivity contribution in [2.24, 2.45) is 21.6 Å². The van der Waals surface area contributed by atoms with E-state index >= 15 is 0 Å². The number of aliphatic imine (C=N–C) groups is 2. The molecule has 2 unspecified atom stereocenters. The van der Waals surface area contributed by atoms with Crippen molar-refractivity contribution in [3.63, 3.8) is 0 Å². The molecule has 9 nitrogen and oxygen atoms in total. The van der Waals surface area contributed by atoms with E-state index in [-0.39, 0.29) is 24.1 Å². The monoisotopic (exact) mass is 340 g/mol. The highest BCUT2D eigenvalue weighted by Crippen LogP contribution is 2.41. The fraction of sp³-hybridized carbons (Fsp3) is 0.692. The van der Waals surface area contributed by atoms with Gasteiger partial charge in [0.15, 0.2) is 11.5 Å². The van der Waals surface area contributed by atoms with Gasteiger partial charge < -0.3 is 20.7 Å². The third-order valence-corrected chi connectivity index (χ3v) is 5.48. The average Bonchev–Trinajstić information content (AvgIpc) is 3.19. The first kappa shape index (κ1) is 15.1. The second kappa shape index (κ2) is 5.26. The van der Waals surface area contributed by atoms with Crippen molar-refractivity contribution in [3.05, 3.63) is 0 Å². The van der Waals surface area contributed by atoms with Crippen molar-refractivity contribution in [1.82, 2.24) is 4.90 Å². The summed E-state index contributed by atoms with van der Waals surface area (Å²) in [6, 6.07) is 0. The molecule has 0 radical (unpaired) electrons. The van der Waals surface area contributed by atoms with Crippen LogP contribution in [0.2, 0.25) is 0 Å². The number of hydrogen-bond acceptors (Lipinski definition) is 8. The third kappa shape index (κ3) is 2.45. The van der Waals surface area contributed by atoms with Gasteiger partial charge in [-0.15, -0.1) is 0 Å². The van der Waals surface area contributed by atoms with Crippen molar-refractivity contribution in [1.29, 1.82) is 0 Å². The van der Waals surface area contributed by atoms with Crippen LogP contribution in [0.5, 0.6) is 0 Å². The van der Waals surface area contributed by atoms with Gasteiger partial charge in [-0.25, -0.2) is 0 Å². The largest absolute Gasteiger partial charge is 0.390 e. The highest BCUT2D eigenvalue weighted by Gasteiger charge is 2.53. The molecule has 3 aliphatic heterocycles. The number of amidine groups is 1. The van der Waals surface area contributed by atoms with E-state index in [0.717, 1.165) is 24.6 Å². The normalized spacial score (nSPS) is 38.4. The first-order chi connectivity index (χ1) is 11.0. The molecule has 0 bridgehead atoms. The lowest BCUT2D eigenvalue weighted by atomic mass is 10.1. The van der Waals surface area contributed by atoms with Gasteiger partial charge >= 0.3 is 0 Å². The first-order valence-electron chi connectivity index (χ1n) is 7.43. The Morgan fingerprint density at radius 3 is 2.78 bits per heavy atom. The molecule has 2 saturated heterocycles. The predicted molar refractivity (Wildman–Crippen MR) is 80.7 cm³/mol. The summed E-state index contributed by atoms with van der Waals surface area (Å²) in [5, 5.41) is 19.2. The lowest BCUT2D eigenvalue weighted by molar-refractivity contribution is -0.116. The molecule has 5 atom stereocenters. The Hall–Kier alpha value is -1.49. The van der Waals surface area contributed by atoms with Crippen LogP contribution in [-0.4, -0.2) is 67.8 Å². The number of thioether (sulfide) groups is 1. The van der Waals surface area contributed by atoms with Crippen LogP contribution in [0.15, 0.2) is 9.98 Å². The van der Waals surface area contributed by atoms with Crippen LogP contribution in [0, 0.1) is 5.92 Å². The van der Waals surface area contributed by atoms with E-state index in [1.807, 2.05) is 0 Å². The number of ether oxygens (including phenoxy) is 1. The summed E-state index contributed by atoms with van der Waals surface area (Å²) in [5.74, 6) is -0.430. The summed E-state index contributed by atoms with van der Waals surface area (Å²) in [5.41, 5.74) is 5.50. The van der Waals surface area contributed by atoms with Gasteiger partial charge in [0.2, 0.25) is 5.96 Å². The smallest absolute Gasteiger partial charge is 0.290 e. The highest BCUT2D eigenvalue weighted by atomic mass is 32.2.